The zero-order valence-corrected chi connectivity index (χ0v) is 12.2. The molecule has 102 valence electrons. The third kappa shape index (κ3) is 2.86. The lowest BCUT2D eigenvalue weighted by molar-refractivity contribution is 0.548. The van der Waals surface area contributed by atoms with Crippen LogP contribution in [0.1, 0.15) is 23.5 Å². The van der Waals surface area contributed by atoms with Crippen molar-refractivity contribution in [2.75, 3.05) is 6.54 Å². The summed E-state index contributed by atoms with van der Waals surface area (Å²) in [5.74, 6) is 0. The Labute approximate surface area is 122 Å². The van der Waals surface area contributed by atoms with Crippen molar-refractivity contribution in [3.63, 3.8) is 0 Å². The summed E-state index contributed by atoms with van der Waals surface area (Å²) in [6.07, 6.45) is 4.63. The van der Waals surface area contributed by atoms with Crippen molar-refractivity contribution in [1.82, 2.24) is 15.3 Å². The highest BCUT2D eigenvalue weighted by Gasteiger charge is 2.15. The van der Waals surface area contributed by atoms with Crippen molar-refractivity contribution >= 4 is 21.6 Å². The van der Waals surface area contributed by atoms with Crippen molar-refractivity contribution in [3.05, 3.63) is 59.4 Å². The highest BCUT2D eigenvalue weighted by molar-refractivity contribution is 7.18. The molecule has 4 heteroatoms. The molecule has 0 saturated carbocycles. The Balaban J connectivity index is 1.89. The van der Waals surface area contributed by atoms with E-state index in [-0.39, 0.29) is 6.04 Å². The van der Waals surface area contributed by atoms with Crippen LogP contribution in [0.5, 0.6) is 0 Å². The average molecular weight is 283 g/mol. The Morgan fingerprint density at radius 1 is 1.15 bits per heavy atom. The number of benzene rings is 1. The van der Waals surface area contributed by atoms with Gasteiger partial charge in [0.15, 0.2) is 0 Å². The first kappa shape index (κ1) is 13.2. The molecule has 2 heterocycles. The highest BCUT2D eigenvalue weighted by Crippen LogP contribution is 2.28. The summed E-state index contributed by atoms with van der Waals surface area (Å²) in [5.41, 5.74) is 2.37. The molecular formula is C16H17N3S. The zero-order chi connectivity index (χ0) is 13.8. The Kier molecular flexibility index (Phi) is 4.04. The van der Waals surface area contributed by atoms with Crippen molar-refractivity contribution in [2.45, 2.75) is 19.4 Å². The molecule has 0 radical (unpaired) electrons. The van der Waals surface area contributed by atoms with E-state index in [1.54, 1.807) is 11.3 Å². The van der Waals surface area contributed by atoms with E-state index in [2.05, 4.69) is 47.6 Å². The van der Waals surface area contributed by atoms with Crippen LogP contribution < -0.4 is 5.32 Å². The minimum Gasteiger partial charge on any atom is -0.308 e. The largest absolute Gasteiger partial charge is 0.308 e. The number of aromatic nitrogens is 2. The molecule has 0 saturated heterocycles. The molecule has 0 fully saturated rings. The summed E-state index contributed by atoms with van der Waals surface area (Å²) in [5, 5.41) is 4.69. The van der Waals surface area contributed by atoms with Gasteiger partial charge in [0.2, 0.25) is 0 Å². The van der Waals surface area contributed by atoms with E-state index < -0.39 is 0 Å². The topological polar surface area (TPSA) is 37.8 Å². The Hall–Kier alpha value is -1.78. The van der Waals surface area contributed by atoms with E-state index in [1.165, 1.54) is 10.3 Å². The quantitative estimate of drug-likeness (QED) is 0.777. The van der Waals surface area contributed by atoms with Gasteiger partial charge < -0.3 is 5.32 Å². The summed E-state index contributed by atoms with van der Waals surface area (Å²) < 4.78 is 1.25. The van der Waals surface area contributed by atoms with Gasteiger partial charge in [-0.3, -0.25) is 4.98 Å². The van der Waals surface area contributed by atoms with Crippen LogP contribution in [0.15, 0.2) is 48.8 Å². The number of rotatable bonds is 5. The molecular weight excluding hydrogens is 266 g/mol. The molecule has 2 aromatic heterocycles. The fourth-order valence-electron chi connectivity index (χ4n) is 2.29. The smallest absolute Gasteiger partial charge is 0.111 e. The molecule has 3 rings (SSSR count). The normalized spacial score (nSPS) is 12.7. The van der Waals surface area contributed by atoms with Crippen LogP contribution >= 0.6 is 11.3 Å². The average Bonchev–Trinajstić information content (AvgIpc) is 2.92. The minimum absolute atomic E-state index is 0.264. The number of nitrogens with zero attached hydrogens (tertiary/aromatic N) is 2. The van der Waals surface area contributed by atoms with E-state index in [1.807, 2.05) is 18.5 Å². The number of para-hydroxylation sites is 1. The maximum Gasteiger partial charge on any atom is 0.111 e. The van der Waals surface area contributed by atoms with Gasteiger partial charge in [0.25, 0.3) is 0 Å². The molecule has 3 aromatic rings. The number of hydrogen-bond donors (Lipinski definition) is 1. The Bertz CT molecular complexity index is 645. The van der Waals surface area contributed by atoms with E-state index in [9.17, 15) is 0 Å². The van der Waals surface area contributed by atoms with Gasteiger partial charge >= 0.3 is 0 Å². The van der Waals surface area contributed by atoms with Gasteiger partial charge in [-0.05, 0) is 42.8 Å². The Morgan fingerprint density at radius 3 is 2.70 bits per heavy atom. The van der Waals surface area contributed by atoms with Gasteiger partial charge in [0.1, 0.15) is 5.01 Å². The van der Waals surface area contributed by atoms with Gasteiger partial charge in [-0.2, -0.15) is 0 Å². The molecule has 3 nitrogen and oxygen atoms in total. The third-order valence-electron chi connectivity index (χ3n) is 3.25. The van der Waals surface area contributed by atoms with Crippen LogP contribution in [-0.4, -0.2) is 16.5 Å². The second kappa shape index (κ2) is 6.11. The summed E-state index contributed by atoms with van der Waals surface area (Å²) in [6.45, 7) is 3.07. The maximum atomic E-state index is 4.77. The predicted molar refractivity (Wildman–Crippen MR) is 84.0 cm³/mol. The van der Waals surface area contributed by atoms with Crippen molar-refractivity contribution < 1.29 is 0 Å². The number of nitrogens with one attached hydrogen (secondary N) is 1. The van der Waals surface area contributed by atoms with Crippen LogP contribution in [-0.2, 0) is 6.42 Å². The summed E-state index contributed by atoms with van der Waals surface area (Å²) in [7, 11) is 0. The Morgan fingerprint density at radius 2 is 1.95 bits per heavy atom. The van der Waals surface area contributed by atoms with Crippen LogP contribution in [0.2, 0.25) is 0 Å². The fourth-order valence-corrected chi connectivity index (χ4v) is 3.33. The molecule has 0 amide bonds. The lowest BCUT2D eigenvalue weighted by atomic mass is 10.1. The number of thiazole rings is 1. The first-order chi connectivity index (χ1) is 9.86. The molecule has 0 aliphatic rings. The number of likely N-dealkylation sites (N-methyl/N-ethyl adjacent to an activating group) is 1. The molecule has 20 heavy (non-hydrogen) atoms. The lowest BCUT2D eigenvalue weighted by Crippen LogP contribution is -2.22. The van der Waals surface area contributed by atoms with E-state index in [0.717, 1.165) is 23.5 Å². The zero-order valence-electron chi connectivity index (χ0n) is 11.4. The molecule has 1 N–H and O–H groups in total. The van der Waals surface area contributed by atoms with Crippen LogP contribution in [0.3, 0.4) is 0 Å². The lowest BCUT2D eigenvalue weighted by Gasteiger charge is -2.15. The second-order valence-corrected chi connectivity index (χ2v) is 5.75. The van der Waals surface area contributed by atoms with Gasteiger partial charge in [-0.15, -0.1) is 11.3 Å². The van der Waals surface area contributed by atoms with Crippen LogP contribution in [0.4, 0.5) is 0 Å². The van der Waals surface area contributed by atoms with Crippen molar-refractivity contribution in [1.29, 1.82) is 0 Å². The van der Waals surface area contributed by atoms with Crippen molar-refractivity contribution in [3.8, 4) is 0 Å². The minimum atomic E-state index is 0.264. The first-order valence-electron chi connectivity index (χ1n) is 6.84. The van der Waals surface area contributed by atoms with Crippen LogP contribution in [0.25, 0.3) is 10.2 Å². The van der Waals surface area contributed by atoms with E-state index >= 15 is 0 Å². The van der Waals surface area contributed by atoms with E-state index in [0.29, 0.717) is 0 Å². The van der Waals surface area contributed by atoms with Gasteiger partial charge in [-0.25, -0.2) is 4.98 Å². The molecule has 1 unspecified atom stereocenters. The number of fused-ring (bicyclic) bond motifs is 1. The molecule has 0 aliphatic heterocycles. The van der Waals surface area contributed by atoms with E-state index in [4.69, 9.17) is 4.98 Å². The number of pyridine rings is 1. The molecule has 0 spiro atoms. The molecule has 0 aliphatic carbocycles. The molecule has 1 aromatic carbocycles. The van der Waals surface area contributed by atoms with Crippen molar-refractivity contribution in [2.24, 2.45) is 0 Å². The summed E-state index contributed by atoms with van der Waals surface area (Å²) in [6, 6.07) is 12.7. The fraction of sp³-hybridized carbons (Fsp3) is 0.250. The van der Waals surface area contributed by atoms with Gasteiger partial charge in [0.05, 0.1) is 16.3 Å². The standard InChI is InChI=1S/C16H17N3S/c1-2-18-14(11-12-7-9-17-10-8-12)16-19-13-5-3-4-6-15(13)20-16/h3-10,14,18H,2,11H2,1H3. The summed E-state index contributed by atoms with van der Waals surface area (Å²) in [4.78, 5) is 8.84. The highest BCUT2D eigenvalue weighted by atomic mass is 32.1. The molecule has 0 bridgehead atoms. The number of hydrogen-bond acceptors (Lipinski definition) is 4. The van der Waals surface area contributed by atoms with Gasteiger partial charge in [0, 0.05) is 12.4 Å². The predicted octanol–water partition coefficient (Wildman–Crippen LogP) is 3.58. The second-order valence-electron chi connectivity index (χ2n) is 4.69. The third-order valence-corrected chi connectivity index (χ3v) is 4.40. The van der Waals surface area contributed by atoms with Crippen LogP contribution in [0, 0.1) is 0 Å². The first-order valence-corrected chi connectivity index (χ1v) is 7.66. The SMILES string of the molecule is CCNC(Cc1ccncc1)c1nc2ccccc2s1. The molecule has 1 atom stereocenters. The van der Waals surface area contributed by atoms with Gasteiger partial charge in [-0.1, -0.05) is 19.1 Å². The monoisotopic (exact) mass is 283 g/mol. The maximum absolute atomic E-state index is 4.77. The summed E-state index contributed by atoms with van der Waals surface area (Å²) >= 11 is 1.78.